The number of nitrogens with zero attached hydrogens (tertiary/aromatic N) is 1. The van der Waals surface area contributed by atoms with Crippen molar-refractivity contribution >= 4 is 44.1 Å². The standard InChI is InChI=1S/C21H20INO5S/c1-13-3-7-16(8-4-13)29(25,26)23(18-9-5-14(27-2)11-17(18)22)21-19(24)12-15-6-10-20(21)28-15/h3-11,15,20-21H,12H2,1-2H3/t15-,20+,21+/m0/s1. The van der Waals surface area contributed by atoms with Crippen molar-refractivity contribution in [2.75, 3.05) is 11.4 Å². The number of methoxy groups -OCH3 is 1. The van der Waals surface area contributed by atoms with Gasteiger partial charge in [0, 0.05) is 9.99 Å². The summed E-state index contributed by atoms with van der Waals surface area (Å²) in [6, 6.07) is 10.8. The van der Waals surface area contributed by atoms with E-state index in [-0.39, 0.29) is 23.2 Å². The summed E-state index contributed by atoms with van der Waals surface area (Å²) < 4.78 is 40.4. The highest BCUT2D eigenvalue weighted by atomic mass is 127. The number of carbonyl (C=O) groups excluding carboxylic acids is 1. The number of aryl methyl sites for hydroxylation is 1. The molecule has 2 aromatic rings. The Labute approximate surface area is 183 Å². The number of ether oxygens (including phenoxy) is 2. The first-order valence-corrected chi connectivity index (χ1v) is 11.6. The number of anilines is 1. The summed E-state index contributed by atoms with van der Waals surface area (Å²) in [4.78, 5) is 13.1. The molecular weight excluding hydrogens is 505 g/mol. The number of ketones is 1. The lowest BCUT2D eigenvalue weighted by Crippen LogP contribution is -2.55. The van der Waals surface area contributed by atoms with Crippen LogP contribution in [0.4, 0.5) is 5.69 Å². The zero-order valence-corrected chi connectivity index (χ0v) is 18.9. The molecule has 2 aliphatic rings. The topological polar surface area (TPSA) is 72.9 Å². The molecule has 0 amide bonds. The van der Waals surface area contributed by atoms with Crippen molar-refractivity contribution in [3.8, 4) is 5.75 Å². The highest BCUT2D eigenvalue weighted by Gasteiger charge is 2.47. The molecule has 2 aromatic carbocycles. The van der Waals surface area contributed by atoms with Crippen LogP contribution in [0.3, 0.4) is 0 Å². The second-order valence-electron chi connectivity index (χ2n) is 7.07. The van der Waals surface area contributed by atoms with Crippen LogP contribution in [0.15, 0.2) is 59.5 Å². The van der Waals surface area contributed by atoms with E-state index in [0.29, 0.717) is 15.0 Å². The van der Waals surface area contributed by atoms with E-state index < -0.39 is 22.2 Å². The molecule has 0 aliphatic carbocycles. The van der Waals surface area contributed by atoms with Gasteiger partial charge in [-0.3, -0.25) is 9.10 Å². The molecule has 3 atom stereocenters. The zero-order valence-electron chi connectivity index (χ0n) is 15.9. The molecule has 0 aromatic heterocycles. The third kappa shape index (κ3) is 3.69. The third-order valence-corrected chi connectivity index (χ3v) is 7.79. The molecule has 4 rings (SSSR count). The Balaban J connectivity index is 1.89. The maximum absolute atomic E-state index is 13.7. The minimum Gasteiger partial charge on any atom is -0.497 e. The summed E-state index contributed by atoms with van der Waals surface area (Å²) >= 11 is 2.07. The molecule has 0 saturated carbocycles. The van der Waals surface area contributed by atoms with Crippen LogP contribution in [0.25, 0.3) is 0 Å². The molecule has 2 aliphatic heterocycles. The summed E-state index contributed by atoms with van der Waals surface area (Å²) in [6.45, 7) is 1.89. The number of halogens is 1. The number of carbonyl (C=O) groups is 1. The Kier molecular flexibility index (Phi) is 5.43. The van der Waals surface area contributed by atoms with E-state index in [1.54, 1.807) is 55.7 Å². The van der Waals surface area contributed by atoms with Gasteiger partial charge in [-0.15, -0.1) is 0 Å². The number of benzene rings is 2. The minimum absolute atomic E-state index is 0.131. The van der Waals surface area contributed by atoms with E-state index in [1.165, 1.54) is 4.31 Å². The van der Waals surface area contributed by atoms with Crippen molar-refractivity contribution in [1.29, 1.82) is 0 Å². The Morgan fingerprint density at radius 3 is 2.52 bits per heavy atom. The highest BCUT2D eigenvalue weighted by molar-refractivity contribution is 14.1. The molecule has 0 unspecified atom stereocenters. The number of fused-ring (bicyclic) bond motifs is 2. The molecule has 0 spiro atoms. The van der Waals surface area contributed by atoms with Gasteiger partial charge in [0.2, 0.25) is 0 Å². The fourth-order valence-corrected chi connectivity index (χ4v) is 6.21. The Hall–Kier alpha value is -1.91. The van der Waals surface area contributed by atoms with Gasteiger partial charge < -0.3 is 9.47 Å². The number of hydrogen-bond acceptors (Lipinski definition) is 5. The van der Waals surface area contributed by atoms with Crippen molar-refractivity contribution in [1.82, 2.24) is 0 Å². The lowest BCUT2D eigenvalue weighted by molar-refractivity contribution is -0.130. The third-order valence-electron chi connectivity index (χ3n) is 5.11. The predicted octanol–water partition coefficient (Wildman–Crippen LogP) is 3.47. The Morgan fingerprint density at radius 1 is 1.14 bits per heavy atom. The SMILES string of the molecule is COc1ccc(N([C@@H]2C(=O)C[C@@H]3C=C[C@H]2O3)S(=O)(=O)c2ccc(C)cc2)c(I)c1. The van der Waals surface area contributed by atoms with Crippen molar-refractivity contribution in [3.63, 3.8) is 0 Å². The van der Waals surface area contributed by atoms with Crippen LogP contribution in [0, 0.1) is 10.5 Å². The van der Waals surface area contributed by atoms with E-state index in [1.807, 2.05) is 13.0 Å². The molecule has 1 saturated heterocycles. The molecule has 2 bridgehead atoms. The average molecular weight is 525 g/mol. The van der Waals surface area contributed by atoms with Gasteiger partial charge in [0.15, 0.2) is 5.78 Å². The van der Waals surface area contributed by atoms with Crippen LogP contribution < -0.4 is 9.04 Å². The molecule has 1 fully saturated rings. The van der Waals surface area contributed by atoms with E-state index in [2.05, 4.69) is 22.6 Å². The Morgan fingerprint density at radius 2 is 1.86 bits per heavy atom. The molecule has 2 heterocycles. The molecule has 152 valence electrons. The number of Topliss-reactive ketones (excluding diaryl/α,β-unsaturated/α-hetero) is 1. The fraction of sp³-hybridized carbons (Fsp3) is 0.286. The predicted molar refractivity (Wildman–Crippen MR) is 118 cm³/mol. The van der Waals surface area contributed by atoms with E-state index in [4.69, 9.17) is 9.47 Å². The summed E-state index contributed by atoms with van der Waals surface area (Å²) in [5, 5.41) is 0. The normalized spacial score (nSPS) is 23.3. The molecular formula is C21H20INO5S. The van der Waals surface area contributed by atoms with Crippen molar-refractivity contribution in [2.45, 2.75) is 36.5 Å². The van der Waals surface area contributed by atoms with E-state index in [9.17, 15) is 13.2 Å². The van der Waals surface area contributed by atoms with Crippen molar-refractivity contribution in [3.05, 3.63) is 63.8 Å². The Bertz CT molecular complexity index is 1080. The summed E-state index contributed by atoms with van der Waals surface area (Å²) in [5.74, 6) is 0.455. The minimum atomic E-state index is -4.02. The molecule has 0 radical (unpaired) electrons. The summed E-state index contributed by atoms with van der Waals surface area (Å²) in [5.41, 5.74) is 1.38. The maximum atomic E-state index is 13.7. The van der Waals surface area contributed by atoms with Crippen molar-refractivity contribution < 1.29 is 22.7 Å². The quantitative estimate of drug-likeness (QED) is 0.442. The maximum Gasteiger partial charge on any atom is 0.265 e. The van der Waals surface area contributed by atoms with Crippen molar-refractivity contribution in [2.24, 2.45) is 0 Å². The van der Waals surface area contributed by atoms with Gasteiger partial charge in [-0.25, -0.2) is 8.42 Å². The van der Waals surface area contributed by atoms with Gasteiger partial charge in [0.25, 0.3) is 10.0 Å². The number of rotatable bonds is 5. The van der Waals surface area contributed by atoms with Gasteiger partial charge in [-0.2, -0.15) is 0 Å². The number of hydrogen-bond donors (Lipinski definition) is 0. The van der Waals surface area contributed by atoms with Gasteiger partial charge in [0.1, 0.15) is 17.9 Å². The lowest BCUT2D eigenvalue weighted by atomic mass is 10.0. The highest BCUT2D eigenvalue weighted by Crippen LogP contribution is 2.38. The molecule has 8 heteroatoms. The second kappa shape index (κ2) is 7.73. The monoisotopic (exact) mass is 525 g/mol. The number of sulfonamides is 1. The van der Waals surface area contributed by atoms with Crippen LogP contribution >= 0.6 is 22.6 Å². The first kappa shape index (κ1) is 20.4. The summed E-state index contributed by atoms with van der Waals surface area (Å²) in [6.07, 6.45) is 2.89. The summed E-state index contributed by atoms with van der Waals surface area (Å²) in [7, 11) is -2.47. The largest absolute Gasteiger partial charge is 0.497 e. The van der Waals surface area contributed by atoms with Gasteiger partial charge in [0.05, 0.1) is 23.8 Å². The van der Waals surface area contributed by atoms with Crippen LogP contribution in [0.1, 0.15) is 12.0 Å². The average Bonchev–Trinajstić information content (AvgIpc) is 3.08. The van der Waals surface area contributed by atoms with E-state index in [0.717, 1.165) is 5.56 Å². The smallest absolute Gasteiger partial charge is 0.265 e. The fourth-order valence-electron chi connectivity index (χ4n) is 3.63. The first-order chi connectivity index (χ1) is 13.8. The zero-order chi connectivity index (χ0) is 20.8. The molecule has 0 N–H and O–H groups in total. The van der Waals surface area contributed by atoms with Crippen LogP contribution in [0.5, 0.6) is 5.75 Å². The van der Waals surface area contributed by atoms with Gasteiger partial charge in [-0.1, -0.05) is 29.8 Å². The molecule has 29 heavy (non-hydrogen) atoms. The van der Waals surface area contributed by atoms with Crippen LogP contribution in [-0.2, 0) is 19.6 Å². The lowest BCUT2D eigenvalue weighted by Gasteiger charge is -2.38. The van der Waals surface area contributed by atoms with Crippen LogP contribution in [-0.4, -0.2) is 39.6 Å². The van der Waals surface area contributed by atoms with E-state index >= 15 is 0 Å². The second-order valence-corrected chi connectivity index (χ2v) is 10.0. The molecule has 6 nitrogen and oxygen atoms in total. The first-order valence-electron chi connectivity index (χ1n) is 9.12. The van der Waals surface area contributed by atoms with Gasteiger partial charge >= 0.3 is 0 Å². The van der Waals surface area contributed by atoms with Gasteiger partial charge in [-0.05, 0) is 59.8 Å². The van der Waals surface area contributed by atoms with Crippen LogP contribution in [0.2, 0.25) is 0 Å².